The van der Waals surface area contributed by atoms with Crippen LogP contribution in [0.5, 0.6) is 0 Å². The number of carbonyl (C=O) groups is 1. The highest BCUT2D eigenvalue weighted by atomic mass is 35.5. The highest BCUT2D eigenvalue weighted by Gasteiger charge is 2.77. The molecule has 1 N–H and O–H groups in total. The van der Waals surface area contributed by atoms with Crippen LogP contribution in [0.15, 0.2) is 30.3 Å². The van der Waals surface area contributed by atoms with E-state index < -0.39 is 50.9 Å². The largest absolute Gasteiger partial charge is 0.401 e. The number of rotatable bonds is 6. The van der Waals surface area contributed by atoms with E-state index in [2.05, 4.69) is 4.84 Å². The zero-order valence-corrected chi connectivity index (χ0v) is 16.7. The SMILES string of the molecule is O=C(NOC(F)(C1(C(F)(F)F)CCC(Cl)C1)S(=O)(=O)N1CCC1)c1ccccc1. The summed E-state index contributed by atoms with van der Waals surface area (Å²) in [4.78, 5) is 16.7. The number of sulfonamides is 1. The Bertz CT molecular complexity index is 866. The lowest BCUT2D eigenvalue weighted by Crippen LogP contribution is -2.65. The van der Waals surface area contributed by atoms with E-state index in [9.17, 15) is 26.4 Å². The minimum atomic E-state index is -5.29. The van der Waals surface area contributed by atoms with Gasteiger partial charge in [0.05, 0.1) is 0 Å². The van der Waals surface area contributed by atoms with Crippen LogP contribution in [0.2, 0.25) is 0 Å². The second-order valence-electron chi connectivity index (χ2n) is 7.11. The van der Waals surface area contributed by atoms with Crippen molar-refractivity contribution >= 4 is 27.5 Å². The summed E-state index contributed by atoms with van der Waals surface area (Å²) in [7, 11) is -5.24. The topological polar surface area (TPSA) is 75.7 Å². The van der Waals surface area contributed by atoms with Gasteiger partial charge in [0.15, 0.2) is 0 Å². The fraction of sp³-hybridized carbons (Fsp3) is 0.588. The van der Waals surface area contributed by atoms with Gasteiger partial charge in [0, 0.05) is 24.0 Å². The number of nitrogens with one attached hydrogen (secondary N) is 1. The second kappa shape index (κ2) is 7.68. The molecule has 1 amide bonds. The van der Waals surface area contributed by atoms with Crippen LogP contribution in [0.4, 0.5) is 17.6 Å². The first-order chi connectivity index (χ1) is 13.4. The normalized spacial score (nSPS) is 27.8. The molecule has 1 aliphatic carbocycles. The van der Waals surface area contributed by atoms with Crippen molar-refractivity contribution in [3.8, 4) is 0 Å². The van der Waals surface area contributed by atoms with Gasteiger partial charge in [0.1, 0.15) is 5.41 Å². The average molecular weight is 459 g/mol. The number of carbonyl (C=O) groups excluding carboxylic acids is 1. The molecule has 1 aromatic carbocycles. The van der Waals surface area contributed by atoms with E-state index in [0.29, 0.717) is 10.7 Å². The molecule has 162 valence electrons. The Morgan fingerprint density at radius 2 is 1.83 bits per heavy atom. The molecule has 3 atom stereocenters. The van der Waals surface area contributed by atoms with Gasteiger partial charge in [-0.2, -0.15) is 21.9 Å². The summed E-state index contributed by atoms with van der Waals surface area (Å²) in [5, 5.41) is -5.36. The van der Waals surface area contributed by atoms with Gasteiger partial charge in [-0.05, 0) is 37.8 Å². The smallest absolute Gasteiger partial charge is 0.267 e. The number of amides is 1. The molecular weight excluding hydrogens is 440 g/mol. The number of hydrogen-bond donors (Lipinski definition) is 1. The van der Waals surface area contributed by atoms with E-state index >= 15 is 4.39 Å². The third kappa shape index (κ3) is 3.62. The van der Waals surface area contributed by atoms with E-state index in [1.54, 1.807) is 11.5 Å². The lowest BCUT2D eigenvalue weighted by atomic mass is 9.84. The lowest BCUT2D eigenvalue weighted by Gasteiger charge is -2.45. The molecule has 12 heteroatoms. The Balaban J connectivity index is 2.01. The quantitative estimate of drug-likeness (QED) is 0.403. The second-order valence-corrected chi connectivity index (χ2v) is 9.72. The van der Waals surface area contributed by atoms with E-state index in [0.717, 1.165) is 0 Å². The fourth-order valence-corrected chi connectivity index (χ4v) is 5.92. The maximum atomic E-state index is 16.1. The Hall–Kier alpha value is -1.43. The number of hydrogen-bond acceptors (Lipinski definition) is 4. The molecule has 2 fully saturated rings. The molecule has 0 radical (unpaired) electrons. The zero-order valence-electron chi connectivity index (χ0n) is 15.1. The molecular formula is C17H19ClF4N2O4S. The minimum absolute atomic E-state index is 0.0427. The van der Waals surface area contributed by atoms with Crippen LogP contribution in [-0.4, -0.2) is 48.5 Å². The molecule has 0 spiro atoms. The molecule has 6 nitrogen and oxygen atoms in total. The van der Waals surface area contributed by atoms with Crippen LogP contribution < -0.4 is 5.48 Å². The van der Waals surface area contributed by atoms with Crippen LogP contribution in [0.3, 0.4) is 0 Å². The van der Waals surface area contributed by atoms with E-state index in [1.165, 1.54) is 24.3 Å². The third-order valence-electron chi connectivity index (χ3n) is 5.37. The number of nitrogens with zero attached hydrogens (tertiary/aromatic N) is 1. The summed E-state index contributed by atoms with van der Waals surface area (Å²) in [6.07, 6.45) is -7.06. The third-order valence-corrected chi connectivity index (χ3v) is 7.92. The molecule has 1 aliphatic heterocycles. The summed E-state index contributed by atoms with van der Waals surface area (Å²) < 4.78 is 84.6. The van der Waals surface area contributed by atoms with Crippen LogP contribution in [-0.2, 0) is 14.9 Å². The summed E-state index contributed by atoms with van der Waals surface area (Å²) in [6, 6.07) is 7.16. The van der Waals surface area contributed by atoms with Crippen LogP contribution >= 0.6 is 11.6 Å². The van der Waals surface area contributed by atoms with Crippen molar-refractivity contribution in [1.29, 1.82) is 0 Å². The number of alkyl halides is 5. The Morgan fingerprint density at radius 3 is 2.28 bits per heavy atom. The maximum absolute atomic E-state index is 16.1. The maximum Gasteiger partial charge on any atom is 0.401 e. The number of benzene rings is 1. The molecule has 3 unspecified atom stereocenters. The van der Waals surface area contributed by atoms with Gasteiger partial charge in [0.25, 0.3) is 15.9 Å². The summed E-state index contributed by atoms with van der Waals surface area (Å²) >= 11 is 5.83. The van der Waals surface area contributed by atoms with Crippen LogP contribution in [0.1, 0.15) is 36.0 Å². The van der Waals surface area contributed by atoms with Crippen molar-refractivity contribution in [1.82, 2.24) is 9.79 Å². The monoisotopic (exact) mass is 458 g/mol. The van der Waals surface area contributed by atoms with Crippen molar-refractivity contribution < 1.29 is 35.6 Å². The molecule has 0 aromatic heterocycles. The molecule has 1 heterocycles. The summed E-state index contributed by atoms with van der Waals surface area (Å²) in [5.74, 6) is -1.08. The Kier molecular flexibility index (Phi) is 5.89. The molecule has 1 aromatic rings. The van der Waals surface area contributed by atoms with Gasteiger partial charge in [-0.15, -0.1) is 11.6 Å². The highest BCUT2D eigenvalue weighted by Crippen LogP contribution is 2.61. The van der Waals surface area contributed by atoms with Gasteiger partial charge in [-0.25, -0.2) is 18.7 Å². The van der Waals surface area contributed by atoms with Gasteiger partial charge in [-0.1, -0.05) is 18.2 Å². The van der Waals surface area contributed by atoms with Gasteiger partial charge in [-0.3, -0.25) is 4.79 Å². The first-order valence-electron chi connectivity index (χ1n) is 8.87. The van der Waals surface area contributed by atoms with Crippen LogP contribution in [0.25, 0.3) is 0 Å². The van der Waals surface area contributed by atoms with E-state index in [4.69, 9.17) is 11.6 Å². The van der Waals surface area contributed by atoms with E-state index in [1.807, 2.05) is 0 Å². The molecule has 3 rings (SSSR count). The van der Waals surface area contributed by atoms with Crippen molar-refractivity contribution in [2.45, 2.75) is 42.4 Å². The van der Waals surface area contributed by atoms with Crippen LogP contribution in [0, 0.1) is 5.41 Å². The molecule has 2 aliphatic rings. The zero-order chi connectivity index (χ0) is 21.5. The molecule has 0 bridgehead atoms. The van der Waals surface area contributed by atoms with E-state index in [-0.39, 0.29) is 25.1 Å². The average Bonchev–Trinajstić information content (AvgIpc) is 3.01. The predicted octanol–water partition coefficient (Wildman–Crippen LogP) is 3.35. The Labute approximate surface area is 170 Å². The van der Waals surface area contributed by atoms with Crippen molar-refractivity contribution in [3.63, 3.8) is 0 Å². The lowest BCUT2D eigenvalue weighted by molar-refractivity contribution is -0.311. The fourth-order valence-electron chi connectivity index (χ4n) is 3.53. The standard InChI is InChI=1S/C17H19ClF4N2O4S/c18-13-7-8-15(11-13,16(19,20)21)17(22,29(26,27)24-9-4-10-24)28-23-14(25)12-5-2-1-3-6-12/h1-3,5-6,13H,4,7-11H2,(H,23,25). The number of hydroxylamine groups is 1. The minimum Gasteiger partial charge on any atom is -0.267 e. The Morgan fingerprint density at radius 1 is 1.21 bits per heavy atom. The summed E-state index contributed by atoms with van der Waals surface area (Å²) in [6.45, 7) is -0.273. The molecule has 1 saturated heterocycles. The van der Waals surface area contributed by atoms with Crippen molar-refractivity contribution in [2.24, 2.45) is 5.41 Å². The predicted molar refractivity (Wildman–Crippen MR) is 95.9 cm³/mol. The molecule has 29 heavy (non-hydrogen) atoms. The van der Waals surface area contributed by atoms with Crippen molar-refractivity contribution in [3.05, 3.63) is 35.9 Å². The number of halogens is 5. The van der Waals surface area contributed by atoms with Gasteiger partial charge >= 0.3 is 11.4 Å². The molecule has 1 saturated carbocycles. The van der Waals surface area contributed by atoms with Gasteiger partial charge in [0.2, 0.25) is 0 Å². The summed E-state index contributed by atoms with van der Waals surface area (Å²) in [5.41, 5.74) is -1.89. The first-order valence-corrected chi connectivity index (χ1v) is 10.7. The van der Waals surface area contributed by atoms with Crippen molar-refractivity contribution in [2.75, 3.05) is 13.1 Å². The van der Waals surface area contributed by atoms with Gasteiger partial charge < -0.3 is 0 Å². The first kappa shape index (κ1) is 22.3. The highest BCUT2D eigenvalue weighted by molar-refractivity contribution is 7.90.